The second kappa shape index (κ2) is 9.97. The number of halogens is 2. The van der Waals surface area contributed by atoms with Crippen LogP contribution in [0.5, 0.6) is 11.5 Å². The average molecular weight is 510 g/mol. The topological polar surface area (TPSA) is 77.0 Å². The van der Waals surface area contributed by atoms with Crippen molar-refractivity contribution < 1.29 is 17.9 Å². The first-order valence-electron chi connectivity index (χ1n) is 8.73. The van der Waals surface area contributed by atoms with Crippen LogP contribution in [-0.4, -0.2) is 21.7 Å². The fourth-order valence-electron chi connectivity index (χ4n) is 2.46. The van der Waals surface area contributed by atoms with E-state index in [0.29, 0.717) is 28.7 Å². The largest absolute Gasteiger partial charge is 0.493 e. The molecule has 1 N–H and O–H groups in total. The third-order valence-electron chi connectivity index (χ3n) is 4.01. The van der Waals surface area contributed by atoms with Crippen LogP contribution in [0, 0.1) is 0 Å². The molecule has 0 amide bonds. The molecule has 0 heterocycles. The molecule has 0 saturated carbocycles. The van der Waals surface area contributed by atoms with Crippen molar-refractivity contribution >= 4 is 43.8 Å². The number of methoxy groups -OCH3 is 1. The van der Waals surface area contributed by atoms with Gasteiger partial charge in [-0.15, -0.1) is 0 Å². The van der Waals surface area contributed by atoms with Crippen molar-refractivity contribution in [3.8, 4) is 11.5 Å². The highest BCUT2D eigenvalue weighted by Gasteiger charge is 2.12. The zero-order valence-corrected chi connectivity index (χ0v) is 19.0. The van der Waals surface area contributed by atoms with Gasteiger partial charge in [0.15, 0.2) is 11.5 Å². The zero-order valence-electron chi connectivity index (χ0n) is 15.9. The molecule has 0 unspecified atom stereocenters. The smallest absolute Gasteiger partial charge is 0.276 e. The quantitative estimate of drug-likeness (QED) is 0.342. The van der Waals surface area contributed by atoms with E-state index in [2.05, 4.69) is 25.9 Å². The van der Waals surface area contributed by atoms with Crippen LogP contribution in [0.3, 0.4) is 0 Å². The molecule has 0 bridgehead atoms. The monoisotopic (exact) mass is 508 g/mol. The lowest BCUT2D eigenvalue weighted by molar-refractivity contribution is 0.284. The van der Waals surface area contributed by atoms with Crippen LogP contribution in [0.4, 0.5) is 0 Å². The highest BCUT2D eigenvalue weighted by Crippen LogP contribution is 2.28. The lowest BCUT2D eigenvalue weighted by Crippen LogP contribution is -2.18. The molecular formula is C21H18BrClN2O4S. The van der Waals surface area contributed by atoms with Crippen LogP contribution in [0.1, 0.15) is 11.1 Å². The van der Waals surface area contributed by atoms with E-state index in [0.717, 1.165) is 10.0 Å². The van der Waals surface area contributed by atoms with Gasteiger partial charge in [0.05, 0.1) is 18.2 Å². The van der Waals surface area contributed by atoms with Crippen molar-refractivity contribution in [2.24, 2.45) is 5.10 Å². The number of hydrogen-bond acceptors (Lipinski definition) is 5. The van der Waals surface area contributed by atoms with Crippen LogP contribution in [0.25, 0.3) is 0 Å². The van der Waals surface area contributed by atoms with E-state index in [9.17, 15) is 8.42 Å². The second-order valence-corrected chi connectivity index (χ2v) is 9.15. The molecule has 3 rings (SSSR count). The number of nitrogens with zero attached hydrogens (tertiary/aromatic N) is 1. The Morgan fingerprint density at radius 1 is 1.03 bits per heavy atom. The van der Waals surface area contributed by atoms with Crippen molar-refractivity contribution in [3.63, 3.8) is 0 Å². The molecule has 9 heteroatoms. The Hall–Kier alpha value is -2.55. The molecule has 0 radical (unpaired) electrons. The average Bonchev–Trinajstić information content (AvgIpc) is 2.74. The Bertz CT molecular complexity index is 1130. The Kier molecular flexibility index (Phi) is 7.36. The summed E-state index contributed by atoms with van der Waals surface area (Å²) in [6.07, 6.45) is 1.39. The Morgan fingerprint density at radius 3 is 2.40 bits per heavy atom. The maximum atomic E-state index is 12.3. The predicted molar refractivity (Wildman–Crippen MR) is 121 cm³/mol. The molecule has 0 aliphatic carbocycles. The van der Waals surface area contributed by atoms with Gasteiger partial charge in [-0.05, 0) is 65.7 Å². The van der Waals surface area contributed by atoms with Gasteiger partial charge in [-0.25, -0.2) is 4.83 Å². The van der Waals surface area contributed by atoms with E-state index in [4.69, 9.17) is 21.1 Å². The first-order valence-corrected chi connectivity index (χ1v) is 11.4. The normalized spacial score (nSPS) is 11.4. The number of ether oxygens (including phenoxy) is 2. The molecule has 3 aromatic rings. The van der Waals surface area contributed by atoms with Gasteiger partial charge in [0, 0.05) is 9.50 Å². The number of hydrogen-bond donors (Lipinski definition) is 1. The summed E-state index contributed by atoms with van der Waals surface area (Å²) < 4.78 is 36.5. The molecule has 0 spiro atoms. The fraction of sp³-hybridized carbons (Fsp3) is 0.0952. The van der Waals surface area contributed by atoms with Crippen LogP contribution >= 0.6 is 27.5 Å². The molecule has 6 nitrogen and oxygen atoms in total. The van der Waals surface area contributed by atoms with Crippen molar-refractivity contribution in [1.29, 1.82) is 0 Å². The van der Waals surface area contributed by atoms with E-state index in [1.165, 1.54) is 25.5 Å². The highest BCUT2D eigenvalue weighted by atomic mass is 79.9. The van der Waals surface area contributed by atoms with Crippen LogP contribution < -0.4 is 14.3 Å². The summed E-state index contributed by atoms with van der Waals surface area (Å²) in [5.74, 6) is 1.06. The molecule has 3 aromatic carbocycles. The summed E-state index contributed by atoms with van der Waals surface area (Å²) >= 11 is 9.16. The number of benzene rings is 3. The van der Waals surface area contributed by atoms with Crippen molar-refractivity contribution in [2.75, 3.05) is 7.11 Å². The summed E-state index contributed by atoms with van der Waals surface area (Å²) in [6.45, 7) is 0.355. The van der Waals surface area contributed by atoms with Gasteiger partial charge in [0.25, 0.3) is 10.0 Å². The van der Waals surface area contributed by atoms with Crippen molar-refractivity contribution in [1.82, 2.24) is 4.83 Å². The summed E-state index contributed by atoms with van der Waals surface area (Å²) in [4.78, 5) is 2.31. The minimum absolute atomic E-state index is 0.117. The van der Waals surface area contributed by atoms with Gasteiger partial charge in [-0.1, -0.05) is 39.7 Å². The van der Waals surface area contributed by atoms with Gasteiger partial charge in [0.1, 0.15) is 6.61 Å². The molecular weight excluding hydrogens is 492 g/mol. The van der Waals surface area contributed by atoms with Gasteiger partial charge in [-0.3, -0.25) is 0 Å². The van der Waals surface area contributed by atoms with E-state index < -0.39 is 10.0 Å². The lowest BCUT2D eigenvalue weighted by Gasteiger charge is -2.11. The Labute approximate surface area is 188 Å². The number of rotatable bonds is 8. The standard InChI is InChI=1S/C21H18BrClN2O4S/c1-28-21-12-16(4-11-20(21)29-14-15-2-7-18(23)8-3-15)13-24-25-30(26,27)19-9-5-17(22)6-10-19/h2-13,25H,14H2,1H3/b24-13-. The van der Waals surface area contributed by atoms with Crippen LogP contribution in [0.2, 0.25) is 5.02 Å². The fourth-order valence-corrected chi connectivity index (χ4v) is 3.64. The SMILES string of the molecule is COc1cc(/C=N\NS(=O)(=O)c2ccc(Br)cc2)ccc1OCc1ccc(Cl)cc1. The van der Waals surface area contributed by atoms with E-state index in [1.807, 2.05) is 12.1 Å². The minimum atomic E-state index is -3.75. The first kappa shape index (κ1) is 22.1. The first-order chi connectivity index (χ1) is 14.4. The van der Waals surface area contributed by atoms with E-state index in [-0.39, 0.29) is 4.90 Å². The molecule has 0 aliphatic heterocycles. The summed E-state index contributed by atoms with van der Waals surface area (Å²) in [5, 5.41) is 4.50. The third-order valence-corrected chi connectivity index (χ3v) is 6.02. The van der Waals surface area contributed by atoms with E-state index in [1.54, 1.807) is 42.5 Å². The van der Waals surface area contributed by atoms with Crippen LogP contribution in [-0.2, 0) is 16.6 Å². The van der Waals surface area contributed by atoms with Gasteiger partial charge < -0.3 is 9.47 Å². The summed E-state index contributed by atoms with van der Waals surface area (Å²) in [6, 6.07) is 18.8. The maximum Gasteiger partial charge on any atom is 0.276 e. The summed E-state index contributed by atoms with van der Waals surface area (Å²) in [5.41, 5.74) is 1.61. The second-order valence-electron chi connectivity index (χ2n) is 6.13. The van der Waals surface area contributed by atoms with Crippen molar-refractivity contribution in [2.45, 2.75) is 11.5 Å². The molecule has 30 heavy (non-hydrogen) atoms. The Morgan fingerprint density at radius 2 is 1.73 bits per heavy atom. The zero-order chi connectivity index (χ0) is 21.6. The molecule has 0 aromatic heterocycles. The number of nitrogens with one attached hydrogen (secondary N) is 1. The van der Waals surface area contributed by atoms with Gasteiger partial charge in [0.2, 0.25) is 0 Å². The molecule has 0 saturated heterocycles. The molecule has 156 valence electrons. The Balaban J connectivity index is 1.66. The third kappa shape index (κ3) is 5.98. The van der Waals surface area contributed by atoms with Gasteiger partial charge in [-0.2, -0.15) is 13.5 Å². The predicted octanol–water partition coefficient (Wildman–Crippen LogP) is 5.00. The maximum absolute atomic E-state index is 12.3. The van der Waals surface area contributed by atoms with E-state index >= 15 is 0 Å². The number of hydrazone groups is 1. The van der Waals surface area contributed by atoms with Crippen LogP contribution in [0.15, 0.2) is 81.2 Å². The highest BCUT2D eigenvalue weighted by molar-refractivity contribution is 9.10. The molecule has 0 atom stereocenters. The molecule has 0 fully saturated rings. The lowest BCUT2D eigenvalue weighted by atomic mass is 10.2. The number of sulfonamides is 1. The molecule has 0 aliphatic rings. The summed E-state index contributed by atoms with van der Waals surface area (Å²) in [7, 11) is -2.22. The minimum Gasteiger partial charge on any atom is -0.493 e. The van der Waals surface area contributed by atoms with Crippen molar-refractivity contribution in [3.05, 3.63) is 87.4 Å². The van der Waals surface area contributed by atoms with Gasteiger partial charge >= 0.3 is 0 Å².